The van der Waals surface area contributed by atoms with Crippen molar-refractivity contribution < 1.29 is 14.3 Å². The monoisotopic (exact) mass is 302 g/mol. The number of esters is 1. The van der Waals surface area contributed by atoms with Crippen molar-refractivity contribution in [3.8, 4) is 0 Å². The molecule has 1 aliphatic rings. The molecule has 0 N–H and O–H groups in total. The summed E-state index contributed by atoms with van der Waals surface area (Å²) in [5.41, 5.74) is 0.570. The van der Waals surface area contributed by atoms with Gasteiger partial charge in [-0.3, -0.25) is 0 Å². The van der Waals surface area contributed by atoms with E-state index in [1.165, 1.54) is 12.8 Å². The summed E-state index contributed by atoms with van der Waals surface area (Å²) in [6.07, 6.45) is 6.46. The van der Waals surface area contributed by atoms with Gasteiger partial charge >= 0.3 is 5.97 Å². The van der Waals surface area contributed by atoms with Crippen LogP contribution in [0.5, 0.6) is 0 Å². The highest BCUT2D eigenvalue weighted by atomic mass is 16.6. The van der Waals surface area contributed by atoms with Crippen LogP contribution < -0.4 is 0 Å². The molecule has 1 aliphatic heterocycles. The fourth-order valence-electron chi connectivity index (χ4n) is 2.64. The molecule has 2 atom stereocenters. The number of hydrogen-bond donors (Lipinski definition) is 0. The van der Waals surface area contributed by atoms with E-state index >= 15 is 0 Å². The Hall–Kier alpha value is -1.61. The van der Waals surface area contributed by atoms with Crippen molar-refractivity contribution in [2.24, 2.45) is 5.92 Å². The second-order valence-corrected chi connectivity index (χ2v) is 6.16. The highest BCUT2D eigenvalue weighted by molar-refractivity contribution is 5.90. The van der Waals surface area contributed by atoms with Gasteiger partial charge < -0.3 is 9.47 Å². The minimum atomic E-state index is -0.310. The topological polar surface area (TPSA) is 35.5 Å². The van der Waals surface area contributed by atoms with Crippen molar-refractivity contribution in [2.75, 3.05) is 0 Å². The second-order valence-electron chi connectivity index (χ2n) is 6.16. The van der Waals surface area contributed by atoms with Crippen molar-refractivity contribution >= 4 is 5.97 Å². The second kappa shape index (κ2) is 8.14. The Morgan fingerprint density at radius 1 is 1.23 bits per heavy atom. The van der Waals surface area contributed by atoms with Gasteiger partial charge in [-0.2, -0.15) is 0 Å². The highest BCUT2D eigenvalue weighted by Gasteiger charge is 2.32. The van der Waals surface area contributed by atoms with Gasteiger partial charge in [0.2, 0.25) is 0 Å². The molecule has 0 unspecified atom stereocenters. The molecule has 0 spiro atoms. The van der Waals surface area contributed by atoms with E-state index in [-0.39, 0.29) is 24.1 Å². The normalized spacial score (nSPS) is 21.0. The maximum absolute atomic E-state index is 12.2. The molecule has 1 aromatic rings. The number of benzene rings is 1. The van der Waals surface area contributed by atoms with Crippen LogP contribution >= 0.6 is 0 Å². The van der Waals surface area contributed by atoms with Crippen molar-refractivity contribution in [3.63, 3.8) is 0 Å². The number of ether oxygens (including phenoxy) is 2. The van der Waals surface area contributed by atoms with Gasteiger partial charge in [0.1, 0.15) is 11.9 Å². The molecule has 120 valence electrons. The van der Waals surface area contributed by atoms with Crippen LogP contribution in [0.15, 0.2) is 42.2 Å². The molecule has 2 rings (SSSR count). The summed E-state index contributed by atoms with van der Waals surface area (Å²) in [6, 6.07) is 9.09. The molecule has 0 amide bonds. The SMILES string of the molecule is CCCCC[C@H]1C=C(OC(=O)c2ccccc2)[C@@H](C(C)C)O1. The van der Waals surface area contributed by atoms with Crippen LogP contribution in [-0.4, -0.2) is 18.2 Å². The Morgan fingerprint density at radius 2 is 1.95 bits per heavy atom. The molecular weight excluding hydrogens is 276 g/mol. The molecule has 0 fully saturated rings. The van der Waals surface area contributed by atoms with Gasteiger partial charge in [0.15, 0.2) is 0 Å². The van der Waals surface area contributed by atoms with E-state index in [1.807, 2.05) is 24.3 Å². The maximum atomic E-state index is 12.2. The quantitative estimate of drug-likeness (QED) is 0.539. The first-order valence-electron chi connectivity index (χ1n) is 8.26. The minimum absolute atomic E-state index is 0.0672. The van der Waals surface area contributed by atoms with E-state index in [9.17, 15) is 4.79 Å². The first kappa shape index (κ1) is 16.8. The van der Waals surface area contributed by atoms with E-state index in [1.54, 1.807) is 12.1 Å². The van der Waals surface area contributed by atoms with Crippen LogP contribution in [0.1, 0.15) is 56.8 Å². The molecule has 1 heterocycles. The first-order valence-corrected chi connectivity index (χ1v) is 8.26. The standard InChI is InChI=1S/C19H26O3/c1-4-5-7-12-16-13-17(18(21-16)14(2)3)22-19(20)15-10-8-6-9-11-15/h6,8-11,13-14,16,18H,4-5,7,12H2,1-3H3/t16-,18+/m0/s1. The average Bonchev–Trinajstić information content (AvgIpc) is 2.91. The third kappa shape index (κ3) is 4.44. The van der Waals surface area contributed by atoms with Gasteiger partial charge in [-0.05, 0) is 30.5 Å². The molecule has 0 saturated heterocycles. The predicted molar refractivity (Wildman–Crippen MR) is 87.6 cm³/mol. The molecule has 22 heavy (non-hydrogen) atoms. The lowest BCUT2D eigenvalue weighted by Crippen LogP contribution is -2.23. The van der Waals surface area contributed by atoms with Gasteiger partial charge in [0.05, 0.1) is 11.7 Å². The zero-order chi connectivity index (χ0) is 15.9. The number of carbonyl (C=O) groups excluding carboxylic acids is 1. The lowest BCUT2D eigenvalue weighted by atomic mass is 10.1. The summed E-state index contributed by atoms with van der Waals surface area (Å²) >= 11 is 0. The predicted octanol–water partition coefficient (Wildman–Crippen LogP) is 4.73. The Balaban J connectivity index is 2.01. The Labute approximate surface area is 133 Å². The zero-order valence-electron chi connectivity index (χ0n) is 13.7. The Morgan fingerprint density at radius 3 is 2.59 bits per heavy atom. The number of rotatable bonds is 7. The van der Waals surface area contributed by atoms with Crippen molar-refractivity contribution in [3.05, 3.63) is 47.7 Å². The summed E-state index contributed by atoms with van der Waals surface area (Å²) in [7, 11) is 0. The number of carbonyl (C=O) groups is 1. The number of hydrogen-bond acceptors (Lipinski definition) is 3. The molecule has 1 aromatic carbocycles. The molecule has 0 radical (unpaired) electrons. The Bertz CT molecular complexity index is 505. The fourth-order valence-corrected chi connectivity index (χ4v) is 2.64. The van der Waals surface area contributed by atoms with Crippen molar-refractivity contribution in [1.82, 2.24) is 0 Å². The van der Waals surface area contributed by atoms with Crippen molar-refractivity contribution in [2.45, 2.75) is 58.7 Å². The molecular formula is C19H26O3. The van der Waals surface area contributed by atoms with E-state index in [2.05, 4.69) is 20.8 Å². The number of unbranched alkanes of at least 4 members (excludes halogenated alkanes) is 2. The van der Waals surface area contributed by atoms with Crippen LogP contribution in [0.2, 0.25) is 0 Å². The first-order chi connectivity index (χ1) is 10.6. The third-order valence-electron chi connectivity index (χ3n) is 3.87. The molecule has 3 nitrogen and oxygen atoms in total. The molecule has 0 aliphatic carbocycles. The van der Waals surface area contributed by atoms with Crippen LogP contribution in [0.4, 0.5) is 0 Å². The molecule has 3 heteroatoms. The van der Waals surface area contributed by atoms with Gasteiger partial charge in [-0.1, -0.05) is 58.2 Å². The molecule has 0 bridgehead atoms. The smallest absolute Gasteiger partial charge is 0.343 e. The highest BCUT2D eigenvalue weighted by Crippen LogP contribution is 2.29. The van der Waals surface area contributed by atoms with E-state index in [0.717, 1.165) is 12.8 Å². The minimum Gasteiger partial charge on any atom is -0.425 e. The van der Waals surface area contributed by atoms with Crippen LogP contribution in [0.25, 0.3) is 0 Å². The zero-order valence-corrected chi connectivity index (χ0v) is 13.7. The summed E-state index contributed by atoms with van der Waals surface area (Å²) < 4.78 is 11.7. The van der Waals surface area contributed by atoms with Crippen LogP contribution in [0.3, 0.4) is 0 Å². The van der Waals surface area contributed by atoms with Crippen molar-refractivity contribution in [1.29, 1.82) is 0 Å². The lowest BCUT2D eigenvalue weighted by molar-refractivity contribution is 0.00156. The van der Waals surface area contributed by atoms with Gasteiger partial charge in [-0.15, -0.1) is 0 Å². The maximum Gasteiger partial charge on any atom is 0.343 e. The third-order valence-corrected chi connectivity index (χ3v) is 3.87. The van der Waals surface area contributed by atoms with Gasteiger partial charge in [0, 0.05) is 0 Å². The van der Waals surface area contributed by atoms with E-state index < -0.39 is 0 Å². The summed E-state index contributed by atoms with van der Waals surface area (Å²) in [5, 5.41) is 0. The lowest BCUT2D eigenvalue weighted by Gasteiger charge is -2.19. The summed E-state index contributed by atoms with van der Waals surface area (Å²) in [6.45, 7) is 6.36. The summed E-state index contributed by atoms with van der Waals surface area (Å²) in [5.74, 6) is 0.645. The van der Waals surface area contributed by atoms with Gasteiger partial charge in [-0.25, -0.2) is 4.79 Å². The fraction of sp³-hybridized carbons (Fsp3) is 0.526. The largest absolute Gasteiger partial charge is 0.425 e. The van der Waals surface area contributed by atoms with Crippen LogP contribution in [0, 0.1) is 5.92 Å². The van der Waals surface area contributed by atoms with E-state index in [4.69, 9.17) is 9.47 Å². The van der Waals surface area contributed by atoms with E-state index in [0.29, 0.717) is 11.3 Å². The molecule has 0 saturated carbocycles. The average molecular weight is 302 g/mol. The Kier molecular flexibility index (Phi) is 6.20. The van der Waals surface area contributed by atoms with Gasteiger partial charge in [0.25, 0.3) is 0 Å². The summed E-state index contributed by atoms with van der Waals surface area (Å²) in [4.78, 5) is 12.2. The molecule has 0 aromatic heterocycles. The van der Waals surface area contributed by atoms with Crippen LogP contribution in [-0.2, 0) is 9.47 Å².